The third-order valence-corrected chi connectivity index (χ3v) is 5.84. The van der Waals surface area contributed by atoms with E-state index < -0.39 is 17.8 Å². The van der Waals surface area contributed by atoms with Crippen molar-refractivity contribution in [2.24, 2.45) is 11.0 Å². The summed E-state index contributed by atoms with van der Waals surface area (Å²) in [6.45, 7) is 3.94. The molecule has 0 aromatic heterocycles. The van der Waals surface area contributed by atoms with Crippen molar-refractivity contribution in [3.63, 3.8) is 0 Å². The lowest BCUT2D eigenvalue weighted by Crippen LogP contribution is -2.44. The normalized spacial score (nSPS) is 15.2. The van der Waals surface area contributed by atoms with Crippen molar-refractivity contribution >= 4 is 17.5 Å². The van der Waals surface area contributed by atoms with Gasteiger partial charge in [-0.2, -0.15) is 5.10 Å². The van der Waals surface area contributed by atoms with Gasteiger partial charge in [0.1, 0.15) is 23.9 Å². The van der Waals surface area contributed by atoms with E-state index in [1.54, 1.807) is 64.5 Å². The van der Waals surface area contributed by atoms with Gasteiger partial charge in [-0.05, 0) is 24.3 Å². The minimum absolute atomic E-state index is 0.164. The third-order valence-electron chi connectivity index (χ3n) is 5.84. The van der Waals surface area contributed by atoms with Crippen LogP contribution in [0.3, 0.4) is 0 Å². The number of hydrazone groups is 1. The molecule has 2 amide bonds. The molecule has 1 heterocycles. The number of hydrogen-bond donors (Lipinski definition) is 0. The van der Waals surface area contributed by atoms with Gasteiger partial charge in [0.05, 0.1) is 32.6 Å². The fraction of sp³-hybridized carbons (Fsp3) is 0.423. The number of carbonyl (C=O) groups excluding carboxylic acids is 2. The van der Waals surface area contributed by atoms with Crippen molar-refractivity contribution in [2.45, 2.75) is 26.3 Å². The summed E-state index contributed by atoms with van der Waals surface area (Å²) in [7, 11) is 4.63. The zero-order valence-corrected chi connectivity index (χ0v) is 20.8. The quantitative estimate of drug-likeness (QED) is 0.513. The fourth-order valence-electron chi connectivity index (χ4n) is 4.01. The molecule has 0 spiro atoms. The van der Waals surface area contributed by atoms with Crippen molar-refractivity contribution in [2.75, 3.05) is 41.0 Å². The van der Waals surface area contributed by atoms with Crippen LogP contribution in [0, 0.1) is 11.7 Å². The van der Waals surface area contributed by atoms with Crippen molar-refractivity contribution in [1.82, 2.24) is 9.91 Å². The zero-order chi connectivity index (χ0) is 25.5. The third kappa shape index (κ3) is 5.97. The lowest BCUT2D eigenvalue weighted by atomic mass is 9.97. The molecule has 1 atom stereocenters. The van der Waals surface area contributed by atoms with Crippen LogP contribution in [-0.4, -0.2) is 68.5 Å². The predicted octanol–water partition coefficient (Wildman–Crippen LogP) is 3.65. The largest absolute Gasteiger partial charge is 0.497 e. The molecule has 0 radical (unpaired) electrons. The Hall–Kier alpha value is -3.46. The van der Waals surface area contributed by atoms with Crippen LogP contribution in [-0.2, 0) is 14.3 Å². The molecule has 2 aromatic rings. The summed E-state index contributed by atoms with van der Waals surface area (Å²) in [6.07, 6.45) is 0.270. The fourth-order valence-corrected chi connectivity index (χ4v) is 4.01. The number of benzene rings is 2. The number of rotatable bonds is 10. The molecule has 3 rings (SSSR count). The summed E-state index contributed by atoms with van der Waals surface area (Å²) in [6, 6.07) is 11.0. The first-order chi connectivity index (χ1) is 16.8. The maximum absolute atomic E-state index is 14.6. The molecule has 9 heteroatoms. The van der Waals surface area contributed by atoms with Crippen LogP contribution in [0.2, 0.25) is 0 Å². The summed E-state index contributed by atoms with van der Waals surface area (Å²) in [5.74, 6) is -0.129. The molecule has 1 aliphatic rings. The highest BCUT2D eigenvalue weighted by Gasteiger charge is 2.37. The van der Waals surface area contributed by atoms with Crippen LogP contribution in [0.25, 0.3) is 0 Å². The molecular weight excluding hydrogens is 453 g/mol. The van der Waals surface area contributed by atoms with Crippen molar-refractivity contribution in [1.29, 1.82) is 0 Å². The van der Waals surface area contributed by atoms with Crippen LogP contribution < -0.4 is 9.47 Å². The molecule has 1 unspecified atom stereocenters. The average Bonchev–Trinajstić information content (AvgIpc) is 3.31. The first-order valence-corrected chi connectivity index (χ1v) is 11.4. The first-order valence-electron chi connectivity index (χ1n) is 11.4. The predicted molar refractivity (Wildman–Crippen MR) is 130 cm³/mol. The lowest BCUT2D eigenvalue weighted by molar-refractivity contribution is -0.143. The zero-order valence-electron chi connectivity index (χ0n) is 20.8. The van der Waals surface area contributed by atoms with Gasteiger partial charge >= 0.3 is 0 Å². The molecule has 2 aromatic carbocycles. The molecule has 0 bridgehead atoms. The maximum Gasteiger partial charge on any atom is 0.262 e. The Bertz CT molecular complexity index is 1090. The molecule has 0 fully saturated rings. The molecule has 188 valence electrons. The number of hydrogen-bond acceptors (Lipinski definition) is 6. The highest BCUT2D eigenvalue weighted by Crippen LogP contribution is 2.39. The molecule has 0 N–H and O–H groups in total. The molecule has 0 saturated heterocycles. The van der Waals surface area contributed by atoms with E-state index in [1.165, 1.54) is 23.1 Å². The number of methoxy groups -OCH3 is 3. The number of halogens is 1. The molecule has 0 saturated carbocycles. The Balaban J connectivity index is 2.01. The summed E-state index contributed by atoms with van der Waals surface area (Å²) >= 11 is 0. The van der Waals surface area contributed by atoms with Gasteiger partial charge in [0, 0.05) is 37.1 Å². The van der Waals surface area contributed by atoms with Crippen molar-refractivity contribution in [3.8, 4) is 11.5 Å². The van der Waals surface area contributed by atoms with E-state index in [2.05, 4.69) is 5.10 Å². The van der Waals surface area contributed by atoms with Gasteiger partial charge in [0.15, 0.2) is 0 Å². The Morgan fingerprint density at radius 1 is 1.14 bits per heavy atom. The van der Waals surface area contributed by atoms with E-state index in [-0.39, 0.29) is 31.3 Å². The topological polar surface area (TPSA) is 80.7 Å². The summed E-state index contributed by atoms with van der Waals surface area (Å²) in [5, 5.41) is 5.87. The lowest BCUT2D eigenvalue weighted by Gasteiger charge is -2.28. The summed E-state index contributed by atoms with van der Waals surface area (Å²) in [4.78, 5) is 27.8. The number of ether oxygens (including phenoxy) is 3. The van der Waals surface area contributed by atoms with Gasteiger partial charge in [-0.15, -0.1) is 0 Å². The van der Waals surface area contributed by atoms with Crippen LogP contribution >= 0.6 is 0 Å². The summed E-state index contributed by atoms with van der Waals surface area (Å²) < 4.78 is 30.7. The smallest absolute Gasteiger partial charge is 0.262 e. The highest BCUT2D eigenvalue weighted by molar-refractivity contribution is 6.03. The SMILES string of the molecule is COCCN(CC(=O)N1N=C(c2ccccc2F)CC1c1cc(OC)ccc1OC)C(=O)C(C)C. The Labute approximate surface area is 205 Å². The van der Waals surface area contributed by atoms with E-state index >= 15 is 0 Å². The minimum Gasteiger partial charge on any atom is -0.497 e. The second-order valence-electron chi connectivity index (χ2n) is 8.50. The molecule has 0 aliphatic carbocycles. The van der Waals surface area contributed by atoms with Crippen molar-refractivity contribution in [3.05, 3.63) is 59.4 Å². The second kappa shape index (κ2) is 11.8. The van der Waals surface area contributed by atoms with E-state index in [1.807, 2.05) is 0 Å². The second-order valence-corrected chi connectivity index (χ2v) is 8.50. The molecular formula is C26H32FN3O5. The van der Waals surface area contributed by atoms with Gasteiger partial charge in [-0.3, -0.25) is 9.59 Å². The molecule has 1 aliphatic heterocycles. The van der Waals surface area contributed by atoms with Crippen LogP contribution in [0.4, 0.5) is 4.39 Å². The van der Waals surface area contributed by atoms with E-state index in [9.17, 15) is 14.0 Å². The van der Waals surface area contributed by atoms with Crippen LogP contribution in [0.15, 0.2) is 47.6 Å². The van der Waals surface area contributed by atoms with Gasteiger partial charge in [0.25, 0.3) is 5.91 Å². The minimum atomic E-state index is -0.569. The van der Waals surface area contributed by atoms with E-state index in [0.717, 1.165) is 0 Å². The number of carbonyl (C=O) groups is 2. The maximum atomic E-state index is 14.6. The highest BCUT2D eigenvalue weighted by atomic mass is 19.1. The van der Waals surface area contributed by atoms with Gasteiger partial charge in [0.2, 0.25) is 5.91 Å². The van der Waals surface area contributed by atoms with E-state index in [4.69, 9.17) is 14.2 Å². The standard InChI is InChI=1S/C26H32FN3O5/c1-17(2)26(32)29(12-13-33-3)16-25(31)30-23(20-14-18(34-4)10-11-24(20)35-5)15-22(28-30)19-8-6-7-9-21(19)27/h6-11,14,17,23H,12-13,15-16H2,1-5H3. The van der Waals surface area contributed by atoms with Gasteiger partial charge < -0.3 is 19.1 Å². The van der Waals surface area contributed by atoms with Crippen LogP contribution in [0.5, 0.6) is 11.5 Å². The average molecular weight is 486 g/mol. The summed E-state index contributed by atoms with van der Waals surface area (Å²) in [5.41, 5.74) is 1.43. The molecule has 8 nitrogen and oxygen atoms in total. The van der Waals surface area contributed by atoms with Crippen molar-refractivity contribution < 1.29 is 28.2 Å². The van der Waals surface area contributed by atoms with Gasteiger partial charge in [-0.1, -0.05) is 32.0 Å². The van der Waals surface area contributed by atoms with Gasteiger partial charge in [-0.25, -0.2) is 9.40 Å². The Morgan fingerprint density at radius 3 is 2.51 bits per heavy atom. The van der Waals surface area contributed by atoms with E-state index in [0.29, 0.717) is 34.9 Å². The number of amides is 2. The molecule has 35 heavy (non-hydrogen) atoms. The van der Waals surface area contributed by atoms with Crippen LogP contribution in [0.1, 0.15) is 37.4 Å². The Morgan fingerprint density at radius 2 is 1.89 bits per heavy atom. The first kappa shape index (κ1) is 26.2. The Kier molecular flexibility index (Phi) is 8.81. The number of nitrogens with zero attached hydrogens (tertiary/aromatic N) is 3. The monoisotopic (exact) mass is 485 g/mol.